The Morgan fingerprint density at radius 1 is 1.33 bits per heavy atom. The highest BCUT2D eigenvalue weighted by molar-refractivity contribution is 6.00. The zero-order valence-corrected chi connectivity index (χ0v) is 12.5. The first-order valence-electron chi connectivity index (χ1n) is 6.79. The van der Waals surface area contributed by atoms with Crippen LogP contribution < -0.4 is 10.5 Å². The van der Waals surface area contributed by atoms with Crippen molar-refractivity contribution in [3.63, 3.8) is 0 Å². The van der Waals surface area contributed by atoms with Crippen molar-refractivity contribution in [2.45, 2.75) is 26.7 Å². The maximum Gasteiger partial charge on any atom is 0.344 e. The van der Waals surface area contributed by atoms with Gasteiger partial charge < -0.3 is 20.3 Å². The lowest BCUT2D eigenvalue weighted by Gasteiger charge is -2.16. The normalized spacial score (nSPS) is 10.5. The minimum Gasteiger partial charge on any atom is -0.507 e. The lowest BCUT2D eigenvalue weighted by Crippen LogP contribution is -2.17. The smallest absolute Gasteiger partial charge is 0.344 e. The largest absolute Gasteiger partial charge is 0.507 e. The third-order valence-electron chi connectivity index (χ3n) is 2.89. The van der Waals surface area contributed by atoms with Gasteiger partial charge in [0.25, 0.3) is 0 Å². The van der Waals surface area contributed by atoms with Gasteiger partial charge in [-0.05, 0) is 24.5 Å². The Morgan fingerprint density at radius 3 is 2.52 bits per heavy atom. The Bertz CT molecular complexity index is 525. The highest BCUT2D eigenvalue weighted by atomic mass is 16.6. The third-order valence-corrected chi connectivity index (χ3v) is 2.89. The summed E-state index contributed by atoms with van der Waals surface area (Å²) >= 11 is 0. The number of aromatic hydroxyl groups is 1. The lowest BCUT2D eigenvalue weighted by atomic mass is 9.97. The third kappa shape index (κ3) is 4.46. The van der Waals surface area contributed by atoms with Gasteiger partial charge in [-0.1, -0.05) is 13.8 Å². The van der Waals surface area contributed by atoms with Crippen LogP contribution in [0.2, 0.25) is 0 Å². The van der Waals surface area contributed by atoms with Gasteiger partial charge in [-0.3, -0.25) is 4.79 Å². The maximum atomic E-state index is 11.7. The van der Waals surface area contributed by atoms with Crippen molar-refractivity contribution in [1.82, 2.24) is 0 Å². The van der Waals surface area contributed by atoms with Gasteiger partial charge in [0, 0.05) is 6.07 Å². The number of ether oxygens (including phenoxy) is 2. The second kappa shape index (κ2) is 7.64. The fourth-order valence-corrected chi connectivity index (χ4v) is 1.83. The van der Waals surface area contributed by atoms with Crippen LogP contribution in [-0.2, 0) is 9.53 Å². The summed E-state index contributed by atoms with van der Waals surface area (Å²) < 4.78 is 10.2. The summed E-state index contributed by atoms with van der Waals surface area (Å²) in [7, 11) is 0. The summed E-state index contributed by atoms with van der Waals surface area (Å²) in [6.07, 6.45) is 0. The summed E-state index contributed by atoms with van der Waals surface area (Å²) in [5.41, 5.74) is 6.19. The van der Waals surface area contributed by atoms with E-state index in [0.717, 1.165) is 0 Å². The number of benzene rings is 1. The van der Waals surface area contributed by atoms with Gasteiger partial charge in [0.2, 0.25) is 0 Å². The number of esters is 1. The first-order valence-corrected chi connectivity index (χ1v) is 6.79. The quantitative estimate of drug-likeness (QED) is 0.585. The molecule has 0 atom stereocenters. The number of hydrogen-bond acceptors (Lipinski definition) is 6. The van der Waals surface area contributed by atoms with Gasteiger partial charge in [0.1, 0.15) is 11.5 Å². The van der Waals surface area contributed by atoms with E-state index in [0.29, 0.717) is 11.3 Å². The SMILES string of the molecule is CCOC(=O)COc1cc(O)c(C(=O)CN)cc1C(C)C. The zero-order valence-electron chi connectivity index (χ0n) is 12.5. The van der Waals surface area contributed by atoms with Crippen molar-refractivity contribution in [2.75, 3.05) is 19.8 Å². The summed E-state index contributed by atoms with van der Waals surface area (Å²) in [5.74, 6) is -0.662. The van der Waals surface area contributed by atoms with Gasteiger partial charge in [-0.25, -0.2) is 4.79 Å². The Morgan fingerprint density at radius 2 is 2.00 bits per heavy atom. The van der Waals surface area contributed by atoms with Crippen molar-refractivity contribution in [2.24, 2.45) is 5.73 Å². The summed E-state index contributed by atoms with van der Waals surface area (Å²) in [6, 6.07) is 2.88. The van der Waals surface area contributed by atoms with Crippen LogP contribution in [0.15, 0.2) is 12.1 Å². The standard InChI is InChI=1S/C15H21NO5/c1-4-20-15(19)8-21-14-6-12(17)11(13(18)7-16)5-10(14)9(2)3/h5-6,9,17H,4,7-8,16H2,1-3H3. The molecule has 0 aliphatic carbocycles. The van der Waals surface area contributed by atoms with Gasteiger partial charge in [0.15, 0.2) is 12.4 Å². The van der Waals surface area contributed by atoms with Crippen LogP contribution in [0.4, 0.5) is 0 Å². The van der Waals surface area contributed by atoms with Crippen molar-refractivity contribution < 1.29 is 24.2 Å². The molecule has 0 heterocycles. The highest BCUT2D eigenvalue weighted by Crippen LogP contribution is 2.33. The molecule has 0 saturated heterocycles. The molecule has 1 aromatic rings. The molecule has 0 unspecified atom stereocenters. The predicted octanol–water partition coefficient (Wildman–Crippen LogP) is 1.60. The van der Waals surface area contributed by atoms with E-state index in [9.17, 15) is 14.7 Å². The van der Waals surface area contributed by atoms with E-state index < -0.39 is 5.97 Å². The number of hydrogen-bond donors (Lipinski definition) is 2. The summed E-state index contributed by atoms with van der Waals surface area (Å²) in [4.78, 5) is 23.0. The minimum atomic E-state index is -0.492. The molecule has 6 heteroatoms. The molecule has 6 nitrogen and oxygen atoms in total. The minimum absolute atomic E-state index is 0.0483. The monoisotopic (exact) mass is 295 g/mol. The van der Waals surface area contributed by atoms with Gasteiger partial charge >= 0.3 is 5.97 Å². The topological polar surface area (TPSA) is 98.9 Å². The Hall–Kier alpha value is -2.08. The molecule has 0 radical (unpaired) electrons. The average molecular weight is 295 g/mol. The van der Waals surface area contributed by atoms with Crippen LogP contribution >= 0.6 is 0 Å². The van der Waals surface area contributed by atoms with Gasteiger partial charge in [-0.2, -0.15) is 0 Å². The number of carbonyl (C=O) groups is 2. The van der Waals surface area contributed by atoms with E-state index in [-0.39, 0.29) is 42.8 Å². The molecular formula is C15H21NO5. The Kier molecular flexibility index (Phi) is 6.17. The second-order valence-corrected chi connectivity index (χ2v) is 4.78. The number of carbonyl (C=O) groups excluding carboxylic acids is 2. The first-order chi connectivity index (χ1) is 9.90. The molecule has 1 aromatic carbocycles. The summed E-state index contributed by atoms with van der Waals surface area (Å²) in [6.45, 7) is 5.37. The number of nitrogens with two attached hydrogens (primary N) is 1. The van der Waals surface area contributed by atoms with Crippen molar-refractivity contribution in [3.8, 4) is 11.5 Å². The molecule has 1 rings (SSSR count). The van der Waals surface area contributed by atoms with Crippen molar-refractivity contribution in [1.29, 1.82) is 0 Å². The van der Waals surface area contributed by atoms with Crippen LogP contribution in [0.1, 0.15) is 42.6 Å². The second-order valence-electron chi connectivity index (χ2n) is 4.78. The Labute approximate surface area is 123 Å². The molecule has 0 aliphatic heterocycles. The van der Waals surface area contributed by atoms with Crippen molar-refractivity contribution >= 4 is 11.8 Å². The van der Waals surface area contributed by atoms with Crippen LogP contribution in [0.25, 0.3) is 0 Å². The van der Waals surface area contributed by atoms with E-state index in [1.165, 1.54) is 6.07 Å². The van der Waals surface area contributed by atoms with Crippen LogP contribution in [0.3, 0.4) is 0 Å². The van der Waals surface area contributed by atoms with E-state index in [2.05, 4.69) is 0 Å². The van der Waals surface area contributed by atoms with Crippen LogP contribution in [0, 0.1) is 0 Å². The molecule has 116 valence electrons. The number of Topliss-reactive ketones (excluding diaryl/α,β-unsaturated/α-hetero) is 1. The number of phenolic OH excluding ortho intramolecular Hbond substituents is 1. The molecule has 0 amide bonds. The first kappa shape index (κ1) is 17.0. The van der Waals surface area contributed by atoms with E-state index in [4.69, 9.17) is 15.2 Å². The number of phenols is 1. The molecule has 0 spiro atoms. The predicted molar refractivity (Wildman–Crippen MR) is 77.7 cm³/mol. The fourth-order valence-electron chi connectivity index (χ4n) is 1.83. The Balaban J connectivity index is 3.05. The molecule has 0 aromatic heterocycles. The molecule has 0 aliphatic rings. The fraction of sp³-hybridized carbons (Fsp3) is 0.467. The highest BCUT2D eigenvalue weighted by Gasteiger charge is 2.18. The lowest BCUT2D eigenvalue weighted by molar-refractivity contribution is -0.145. The van der Waals surface area contributed by atoms with E-state index in [1.54, 1.807) is 13.0 Å². The molecule has 0 fully saturated rings. The molecular weight excluding hydrogens is 274 g/mol. The zero-order chi connectivity index (χ0) is 16.0. The average Bonchev–Trinajstić information content (AvgIpc) is 2.44. The molecule has 0 saturated carbocycles. The molecule has 0 bridgehead atoms. The van der Waals surface area contributed by atoms with E-state index >= 15 is 0 Å². The van der Waals surface area contributed by atoms with E-state index in [1.807, 2.05) is 13.8 Å². The number of ketones is 1. The van der Waals surface area contributed by atoms with Gasteiger partial charge in [0.05, 0.1) is 18.7 Å². The van der Waals surface area contributed by atoms with Crippen molar-refractivity contribution in [3.05, 3.63) is 23.3 Å². The summed E-state index contributed by atoms with van der Waals surface area (Å²) in [5, 5.41) is 9.90. The van der Waals surface area contributed by atoms with Crippen LogP contribution in [-0.4, -0.2) is 36.6 Å². The molecule has 21 heavy (non-hydrogen) atoms. The maximum absolute atomic E-state index is 11.7. The number of rotatable bonds is 7. The van der Waals surface area contributed by atoms with Gasteiger partial charge in [-0.15, -0.1) is 0 Å². The van der Waals surface area contributed by atoms with Crippen LogP contribution in [0.5, 0.6) is 11.5 Å². The molecule has 3 N–H and O–H groups in total.